The maximum Gasteiger partial charge on any atom is 0.261 e. The molecule has 0 radical (unpaired) electrons. The molecule has 1 aliphatic rings. The van der Waals surface area contributed by atoms with E-state index in [1.54, 1.807) is 35.2 Å². The molecule has 2 heterocycles. The summed E-state index contributed by atoms with van der Waals surface area (Å²) in [6.07, 6.45) is 1.46. The van der Waals surface area contributed by atoms with Crippen molar-refractivity contribution in [3.8, 4) is 5.75 Å². The lowest BCUT2D eigenvalue weighted by atomic mass is 10.1. The van der Waals surface area contributed by atoms with Crippen LogP contribution in [-0.2, 0) is 0 Å². The van der Waals surface area contributed by atoms with E-state index in [2.05, 4.69) is 9.83 Å². The zero-order chi connectivity index (χ0) is 20.5. The van der Waals surface area contributed by atoms with Crippen molar-refractivity contribution < 1.29 is 13.9 Å². The van der Waals surface area contributed by atoms with Gasteiger partial charge in [-0.05, 0) is 24.3 Å². The Bertz CT molecular complexity index is 1190. The molecule has 1 aliphatic heterocycles. The van der Waals surface area contributed by atoms with Gasteiger partial charge in [0.25, 0.3) is 5.91 Å². The third kappa shape index (κ3) is 3.19. The molecule has 3 aromatic rings. The minimum Gasteiger partial charge on any atom is -0.494 e. The molecule has 0 spiro atoms. The number of nitrogens with one attached hydrogen (secondary N) is 1. The molecule has 1 N–H and O–H groups in total. The van der Waals surface area contributed by atoms with Crippen molar-refractivity contribution in [2.24, 2.45) is 0 Å². The summed E-state index contributed by atoms with van der Waals surface area (Å²) in [5, 5.41) is 0. The second-order valence-electron chi connectivity index (χ2n) is 6.34. The summed E-state index contributed by atoms with van der Waals surface area (Å²) in [7, 11) is 1.43. The lowest BCUT2D eigenvalue weighted by molar-refractivity contribution is 0.0983. The molecule has 1 amide bonds. The topological polar surface area (TPSA) is 70.0 Å². The largest absolute Gasteiger partial charge is 0.494 e. The highest BCUT2D eigenvalue weighted by Crippen LogP contribution is 2.41. The van der Waals surface area contributed by atoms with Gasteiger partial charge in [-0.25, -0.2) is 9.24 Å². The maximum atomic E-state index is 13.7. The average molecular weight is 390 g/mol. The van der Waals surface area contributed by atoms with E-state index in [0.717, 1.165) is 0 Å². The van der Waals surface area contributed by atoms with Crippen molar-refractivity contribution in [2.45, 2.75) is 0 Å². The number of hydrogen-bond donors (Lipinski definition) is 1. The van der Waals surface area contributed by atoms with Crippen LogP contribution in [0.15, 0.2) is 59.5 Å². The number of fused-ring (bicyclic) bond motifs is 1. The van der Waals surface area contributed by atoms with Gasteiger partial charge in [0.15, 0.2) is 5.69 Å². The van der Waals surface area contributed by atoms with Crippen molar-refractivity contribution in [2.75, 3.05) is 23.6 Å². The SMILES string of the molecule is [C-]#[N+]c1ccc2c(c1)N(c1ccc(F)cc1OC)CN(c1ccc(=O)[nH]c1)C2=O. The van der Waals surface area contributed by atoms with Crippen LogP contribution in [0, 0.1) is 12.4 Å². The Hall–Kier alpha value is -4.12. The molecule has 0 saturated carbocycles. The van der Waals surface area contributed by atoms with Crippen LogP contribution in [0.25, 0.3) is 4.85 Å². The zero-order valence-corrected chi connectivity index (χ0v) is 15.3. The number of halogens is 1. The van der Waals surface area contributed by atoms with E-state index in [1.165, 1.54) is 36.4 Å². The fourth-order valence-electron chi connectivity index (χ4n) is 3.27. The van der Waals surface area contributed by atoms with Crippen LogP contribution in [0.4, 0.5) is 27.1 Å². The van der Waals surface area contributed by atoms with E-state index >= 15 is 0 Å². The lowest BCUT2D eigenvalue weighted by Crippen LogP contribution is -2.45. The molecule has 0 bridgehead atoms. The zero-order valence-electron chi connectivity index (χ0n) is 15.3. The average Bonchev–Trinajstić information content (AvgIpc) is 2.74. The van der Waals surface area contributed by atoms with Crippen molar-refractivity contribution >= 4 is 28.7 Å². The van der Waals surface area contributed by atoms with Crippen LogP contribution in [0.1, 0.15) is 10.4 Å². The standard InChI is InChI=1S/C21H15FN4O3/c1-23-14-4-6-16-18(10-14)26(17-7-3-13(22)9-19(17)29-2)12-25(21(16)28)15-5-8-20(27)24-11-15/h3-11H,12H2,2H3,(H,24,27). The van der Waals surface area contributed by atoms with Crippen LogP contribution in [0.3, 0.4) is 0 Å². The van der Waals surface area contributed by atoms with Gasteiger partial charge in [0.2, 0.25) is 5.56 Å². The summed E-state index contributed by atoms with van der Waals surface area (Å²) < 4.78 is 19.1. The van der Waals surface area contributed by atoms with Gasteiger partial charge < -0.3 is 14.6 Å². The monoisotopic (exact) mass is 390 g/mol. The molecule has 0 unspecified atom stereocenters. The first kappa shape index (κ1) is 18.3. The molecule has 7 nitrogen and oxygen atoms in total. The van der Waals surface area contributed by atoms with Gasteiger partial charge in [-0.1, -0.05) is 12.1 Å². The Morgan fingerprint density at radius 1 is 1.07 bits per heavy atom. The smallest absolute Gasteiger partial charge is 0.261 e. The van der Waals surface area contributed by atoms with Crippen molar-refractivity contribution in [3.63, 3.8) is 0 Å². The number of benzene rings is 2. The van der Waals surface area contributed by atoms with Gasteiger partial charge >= 0.3 is 0 Å². The van der Waals surface area contributed by atoms with Crippen LogP contribution in [0.2, 0.25) is 0 Å². The normalized spacial score (nSPS) is 13.1. The molecular formula is C21H15FN4O3. The lowest BCUT2D eigenvalue weighted by Gasteiger charge is -2.38. The number of anilines is 3. The van der Waals surface area contributed by atoms with Crippen molar-refractivity contribution in [3.05, 3.63) is 87.9 Å². The number of hydrogen-bond acceptors (Lipinski definition) is 4. The van der Waals surface area contributed by atoms with Crippen LogP contribution in [0.5, 0.6) is 5.75 Å². The van der Waals surface area contributed by atoms with Gasteiger partial charge in [-0.2, -0.15) is 0 Å². The summed E-state index contributed by atoms with van der Waals surface area (Å²) in [6, 6.07) is 11.8. The van der Waals surface area contributed by atoms with Crippen molar-refractivity contribution in [1.29, 1.82) is 0 Å². The first-order chi connectivity index (χ1) is 14.0. The summed E-state index contributed by atoms with van der Waals surface area (Å²) >= 11 is 0. The number of carbonyl (C=O) groups excluding carboxylic acids is 1. The summed E-state index contributed by atoms with van der Waals surface area (Å²) in [5.41, 5.74) is 2.03. The number of pyridine rings is 1. The van der Waals surface area contributed by atoms with E-state index in [9.17, 15) is 14.0 Å². The third-order valence-corrected chi connectivity index (χ3v) is 4.67. The fourth-order valence-corrected chi connectivity index (χ4v) is 3.27. The minimum absolute atomic E-state index is 0.0846. The first-order valence-corrected chi connectivity index (χ1v) is 8.65. The van der Waals surface area contributed by atoms with Crippen LogP contribution in [-0.4, -0.2) is 24.7 Å². The number of aromatic nitrogens is 1. The number of carbonyl (C=O) groups is 1. The van der Waals surface area contributed by atoms with Gasteiger partial charge in [0.1, 0.15) is 18.2 Å². The van der Waals surface area contributed by atoms with Gasteiger partial charge in [-0.3, -0.25) is 14.5 Å². The maximum absolute atomic E-state index is 13.7. The summed E-state index contributed by atoms with van der Waals surface area (Å²) in [4.78, 5) is 33.8. The Kier molecular flexibility index (Phi) is 4.49. The highest BCUT2D eigenvalue weighted by Gasteiger charge is 2.32. The molecule has 0 aliphatic carbocycles. The van der Waals surface area contributed by atoms with Gasteiger partial charge in [0.05, 0.1) is 30.6 Å². The molecule has 8 heteroatoms. The molecule has 4 rings (SSSR count). The second-order valence-corrected chi connectivity index (χ2v) is 6.34. The van der Waals surface area contributed by atoms with Crippen LogP contribution < -0.4 is 20.1 Å². The molecule has 0 fully saturated rings. The molecule has 29 heavy (non-hydrogen) atoms. The number of methoxy groups -OCH3 is 1. The van der Waals surface area contributed by atoms with E-state index in [4.69, 9.17) is 11.3 Å². The highest BCUT2D eigenvalue weighted by molar-refractivity contribution is 6.13. The van der Waals surface area contributed by atoms with Gasteiger partial charge in [-0.15, -0.1) is 0 Å². The fraction of sp³-hybridized carbons (Fsp3) is 0.0952. The third-order valence-electron chi connectivity index (χ3n) is 4.67. The second kappa shape index (κ2) is 7.13. The van der Waals surface area contributed by atoms with E-state index in [0.29, 0.717) is 34.1 Å². The number of rotatable bonds is 3. The first-order valence-electron chi connectivity index (χ1n) is 8.65. The Morgan fingerprint density at radius 2 is 1.90 bits per heavy atom. The molecule has 1 aromatic heterocycles. The van der Waals surface area contributed by atoms with E-state index in [-0.39, 0.29) is 18.1 Å². The molecule has 144 valence electrons. The summed E-state index contributed by atoms with van der Waals surface area (Å²) in [5.74, 6) is -0.438. The number of aromatic amines is 1. The quantitative estimate of drug-likeness (QED) is 0.690. The minimum atomic E-state index is -0.452. The molecule has 0 atom stereocenters. The summed E-state index contributed by atoms with van der Waals surface area (Å²) in [6.45, 7) is 7.37. The number of H-pyrrole nitrogens is 1. The van der Waals surface area contributed by atoms with Crippen molar-refractivity contribution in [1.82, 2.24) is 4.98 Å². The van der Waals surface area contributed by atoms with E-state index in [1.807, 2.05) is 0 Å². The Labute approximate surface area is 165 Å². The van der Waals surface area contributed by atoms with E-state index < -0.39 is 5.82 Å². The molecule has 2 aromatic carbocycles. The predicted octanol–water partition coefficient (Wildman–Crippen LogP) is 3.83. The predicted molar refractivity (Wildman–Crippen MR) is 107 cm³/mol. The Morgan fingerprint density at radius 3 is 2.59 bits per heavy atom. The number of ether oxygens (including phenoxy) is 1. The molecular weight excluding hydrogens is 375 g/mol. The van der Waals surface area contributed by atoms with Crippen LogP contribution >= 0.6 is 0 Å². The number of nitrogens with zero attached hydrogens (tertiary/aromatic N) is 3. The molecule has 0 saturated heterocycles. The Balaban J connectivity index is 1.91. The van der Waals surface area contributed by atoms with Gasteiger partial charge in [0, 0.05) is 24.0 Å². The highest BCUT2D eigenvalue weighted by atomic mass is 19.1. The number of amides is 1.